The normalized spacial score (nSPS) is 15.1. The lowest BCUT2D eigenvalue weighted by atomic mass is 10.0. The summed E-state index contributed by atoms with van der Waals surface area (Å²) in [5.74, 6) is 0.675. The Kier molecular flexibility index (Phi) is 7.69. The molecule has 3 nitrogen and oxygen atoms in total. The number of ether oxygens (including phenoxy) is 1. The van der Waals surface area contributed by atoms with Crippen molar-refractivity contribution in [3.8, 4) is 5.75 Å². The van der Waals surface area contributed by atoms with E-state index in [0.29, 0.717) is 15.8 Å². The standard InChI is InChI=1S/C23H25NO2S2/c1-2-3-4-5-6-17-7-9-19(10-8-17)16-26-20-13-11-18(12-14-20)15-21-22(25)24-23(27)28-21/h7-15H,2-6,16H2,1H3,(H,24,25,27)/b21-15-. The quantitative estimate of drug-likeness (QED) is 0.318. The highest BCUT2D eigenvalue weighted by Crippen LogP contribution is 2.26. The van der Waals surface area contributed by atoms with E-state index in [1.165, 1.54) is 43.0 Å². The number of benzene rings is 2. The van der Waals surface area contributed by atoms with Crippen molar-refractivity contribution >= 4 is 40.3 Å². The first-order valence-corrected chi connectivity index (χ1v) is 10.9. The Morgan fingerprint density at radius 1 is 1.00 bits per heavy atom. The number of unbranched alkanes of at least 4 members (excludes halogenated alkanes) is 3. The molecule has 2 aromatic carbocycles. The predicted molar refractivity (Wildman–Crippen MR) is 121 cm³/mol. The molecule has 1 aliphatic heterocycles. The van der Waals surface area contributed by atoms with Crippen LogP contribution in [-0.2, 0) is 17.8 Å². The number of hydrogen-bond acceptors (Lipinski definition) is 4. The smallest absolute Gasteiger partial charge is 0.263 e. The number of hydrogen-bond donors (Lipinski definition) is 1. The summed E-state index contributed by atoms with van der Waals surface area (Å²) in [7, 11) is 0. The lowest BCUT2D eigenvalue weighted by Crippen LogP contribution is -2.17. The zero-order valence-corrected chi connectivity index (χ0v) is 17.7. The fraction of sp³-hybridized carbons (Fsp3) is 0.304. The van der Waals surface area contributed by atoms with Crippen LogP contribution < -0.4 is 10.1 Å². The van der Waals surface area contributed by atoms with Gasteiger partial charge in [-0.25, -0.2) is 0 Å². The molecule has 0 radical (unpaired) electrons. The number of thiocarbonyl (C=S) groups is 1. The van der Waals surface area contributed by atoms with E-state index in [0.717, 1.165) is 23.3 Å². The molecule has 1 amide bonds. The van der Waals surface area contributed by atoms with E-state index in [9.17, 15) is 4.79 Å². The summed E-state index contributed by atoms with van der Waals surface area (Å²) in [4.78, 5) is 12.3. The zero-order valence-electron chi connectivity index (χ0n) is 16.1. The van der Waals surface area contributed by atoms with E-state index in [1.807, 2.05) is 30.3 Å². The third-order valence-electron chi connectivity index (χ3n) is 4.57. The molecule has 0 aliphatic carbocycles. The minimum atomic E-state index is -0.135. The van der Waals surface area contributed by atoms with Gasteiger partial charge in [-0.05, 0) is 47.7 Å². The fourth-order valence-electron chi connectivity index (χ4n) is 2.96. The van der Waals surface area contributed by atoms with Gasteiger partial charge in [0.2, 0.25) is 0 Å². The number of rotatable bonds is 9. The van der Waals surface area contributed by atoms with Gasteiger partial charge in [-0.15, -0.1) is 0 Å². The van der Waals surface area contributed by atoms with Crippen molar-refractivity contribution in [2.45, 2.75) is 45.6 Å². The lowest BCUT2D eigenvalue weighted by molar-refractivity contribution is -0.115. The number of carbonyl (C=O) groups excluding carboxylic acids is 1. The Morgan fingerprint density at radius 2 is 1.71 bits per heavy atom. The van der Waals surface area contributed by atoms with Crippen molar-refractivity contribution in [2.75, 3.05) is 0 Å². The zero-order chi connectivity index (χ0) is 19.8. The fourth-order valence-corrected chi connectivity index (χ4v) is 4.00. The van der Waals surface area contributed by atoms with E-state index in [1.54, 1.807) is 0 Å². The Balaban J connectivity index is 1.49. The third kappa shape index (κ3) is 6.21. The first-order valence-electron chi connectivity index (χ1n) is 9.69. The van der Waals surface area contributed by atoms with Crippen LogP contribution in [0.4, 0.5) is 0 Å². The van der Waals surface area contributed by atoms with Crippen LogP contribution in [-0.4, -0.2) is 10.2 Å². The Hall–Kier alpha value is -2.11. The van der Waals surface area contributed by atoms with Gasteiger partial charge in [-0.2, -0.15) is 0 Å². The molecule has 1 saturated heterocycles. The third-order valence-corrected chi connectivity index (χ3v) is 5.73. The van der Waals surface area contributed by atoms with Crippen LogP contribution in [0, 0.1) is 0 Å². The van der Waals surface area contributed by atoms with Gasteiger partial charge in [-0.1, -0.05) is 86.6 Å². The maximum atomic E-state index is 11.7. The second-order valence-electron chi connectivity index (χ2n) is 6.84. The molecule has 1 fully saturated rings. The highest BCUT2D eigenvalue weighted by molar-refractivity contribution is 8.26. The van der Waals surface area contributed by atoms with Crippen molar-refractivity contribution in [1.29, 1.82) is 0 Å². The number of amides is 1. The molecule has 2 aromatic rings. The van der Waals surface area contributed by atoms with Crippen LogP contribution in [0.15, 0.2) is 53.4 Å². The molecule has 146 valence electrons. The van der Waals surface area contributed by atoms with Crippen molar-refractivity contribution in [2.24, 2.45) is 0 Å². The highest BCUT2D eigenvalue weighted by atomic mass is 32.2. The van der Waals surface area contributed by atoms with Crippen LogP contribution in [0.1, 0.15) is 49.3 Å². The van der Waals surface area contributed by atoms with Crippen LogP contribution in [0.2, 0.25) is 0 Å². The van der Waals surface area contributed by atoms with Gasteiger partial charge in [0, 0.05) is 0 Å². The largest absolute Gasteiger partial charge is 0.489 e. The second kappa shape index (κ2) is 10.4. The lowest BCUT2D eigenvalue weighted by Gasteiger charge is -2.08. The van der Waals surface area contributed by atoms with Crippen LogP contribution in [0.5, 0.6) is 5.75 Å². The second-order valence-corrected chi connectivity index (χ2v) is 8.56. The molecule has 0 spiro atoms. The first-order chi connectivity index (χ1) is 13.6. The molecular formula is C23H25NO2S2. The van der Waals surface area contributed by atoms with Gasteiger partial charge in [0.25, 0.3) is 5.91 Å². The summed E-state index contributed by atoms with van der Waals surface area (Å²) in [6.45, 7) is 2.78. The Bertz CT molecular complexity index is 842. The van der Waals surface area contributed by atoms with Gasteiger partial charge in [0.15, 0.2) is 0 Å². The monoisotopic (exact) mass is 411 g/mol. The summed E-state index contributed by atoms with van der Waals surface area (Å²) in [6.07, 6.45) is 8.15. The number of carbonyl (C=O) groups is 1. The molecule has 0 aromatic heterocycles. The topological polar surface area (TPSA) is 38.3 Å². The highest BCUT2D eigenvalue weighted by Gasteiger charge is 2.21. The molecule has 0 atom stereocenters. The minimum absolute atomic E-state index is 0.135. The Morgan fingerprint density at radius 3 is 2.36 bits per heavy atom. The average Bonchev–Trinajstić information content (AvgIpc) is 3.02. The molecule has 28 heavy (non-hydrogen) atoms. The predicted octanol–water partition coefficient (Wildman–Crippen LogP) is 5.88. The minimum Gasteiger partial charge on any atom is -0.489 e. The van der Waals surface area contributed by atoms with E-state index in [4.69, 9.17) is 17.0 Å². The van der Waals surface area contributed by atoms with Crippen LogP contribution in [0.3, 0.4) is 0 Å². The van der Waals surface area contributed by atoms with E-state index in [-0.39, 0.29) is 5.91 Å². The maximum absolute atomic E-state index is 11.7. The van der Waals surface area contributed by atoms with Gasteiger partial charge < -0.3 is 10.1 Å². The van der Waals surface area contributed by atoms with E-state index < -0.39 is 0 Å². The summed E-state index contributed by atoms with van der Waals surface area (Å²) in [6, 6.07) is 16.4. The van der Waals surface area contributed by atoms with Gasteiger partial charge in [-0.3, -0.25) is 4.79 Å². The molecule has 3 rings (SSSR count). The molecule has 5 heteroatoms. The molecular weight excluding hydrogens is 386 g/mol. The van der Waals surface area contributed by atoms with E-state index >= 15 is 0 Å². The SMILES string of the molecule is CCCCCCc1ccc(COc2ccc(/C=C3\SC(=S)NC3=O)cc2)cc1. The van der Waals surface area contributed by atoms with Crippen molar-refractivity contribution in [3.05, 3.63) is 70.1 Å². The van der Waals surface area contributed by atoms with Gasteiger partial charge >= 0.3 is 0 Å². The molecule has 1 aliphatic rings. The molecule has 1 N–H and O–H groups in total. The van der Waals surface area contributed by atoms with Crippen molar-refractivity contribution in [3.63, 3.8) is 0 Å². The van der Waals surface area contributed by atoms with Crippen molar-refractivity contribution in [1.82, 2.24) is 5.32 Å². The molecule has 0 saturated carbocycles. The van der Waals surface area contributed by atoms with Crippen molar-refractivity contribution < 1.29 is 9.53 Å². The number of aryl methyl sites for hydroxylation is 1. The van der Waals surface area contributed by atoms with Crippen LogP contribution >= 0.6 is 24.0 Å². The average molecular weight is 412 g/mol. The first kappa shape index (κ1) is 20.6. The summed E-state index contributed by atoms with van der Waals surface area (Å²) >= 11 is 6.29. The summed E-state index contributed by atoms with van der Waals surface area (Å²) < 4.78 is 6.39. The maximum Gasteiger partial charge on any atom is 0.263 e. The van der Waals surface area contributed by atoms with E-state index in [2.05, 4.69) is 36.5 Å². The summed E-state index contributed by atoms with van der Waals surface area (Å²) in [5.41, 5.74) is 3.50. The molecule has 1 heterocycles. The molecule has 0 bridgehead atoms. The summed E-state index contributed by atoms with van der Waals surface area (Å²) in [5, 5.41) is 2.62. The van der Waals surface area contributed by atoms with Gasteiger partial charge in [0.05, 0.1) is 4.91 Å². The number of thioether (sulfide) groups is 1. The molecule has 0 unspecified atom stereocenters. The van der Waals surface area contributed by atoms with Gasteiger partial charge in [0.1, 0.15) is 16.7 Å². The number of nitrogens with one attached hydrogen (secondary N) is 1. The van der Waals surface area contributed by atoms with Crippen LogP contribution in [0.25, 0.3) is 6.08 Å². The Labute approximate surface area is 176 Å².